The molecule has 0 atom stereocenters. The smallest absolute Gasteiger partial charge is 0.276 e. The molecule has 2 heterocycles. The van der Waals surface area contributed by atoms with E-state index in [2.05, 4.69) is 20.5 Å². The summed E-state index contributed by atoms with van der Waals surface area (Å²) >= 11 is 11.9. The molecule has 7 heteroatoms. The van der Waals surface area contributed by atoms with Crippen molar-refractivity contribution >= 4 is 45.7 Å². The predicted octanol–water partition coefficient (Wildman–Crippen LogP) is 3.52. The van der Waals surface area contributed by atoms with E-state index in [1.165, 1.54) is 0 Å². The molecule has 0 aliphatic carbocycles. The Bertz CT molecular complexity index is 800. The Balaban J connectivity index is 1.95. The molecule has 0 saturated carbocycles. The van der Waals surface area contributed by atoms with Gasteiger partial charge in [0.25, 0.3) is 5.91 Å². The SMILES string of the molecule is O=C(Nc1cc(Cl)ccc1Cl)c1n[nH]c2ccncc12. The fourth-order valence-electron chi connectivity index (χ4n) is 1.80. The highest BCUT2D eigenvalue weighted by Crippen LogP contribution is 2.26. The number of aromatic nitrogens is 3. The Kier molecular flexibility index (Phi) is 3.30. The molecule has 3 aromatic rings. The second-order valence-corrected chi connectivity index (χ2v) is 4.92. The molecule has 2 aromatic heterocycles. The average molecular weight is 307 g/mol. The van der Waals surface area contributed by atoms with Crippen LogP contribution in [0.1, 0.15) is 10.5 Å². The van der Waals surface area contributed by atoms with Crippen molar-refractivity contribution in [3.63, 3.8) is 0 Å². The van der Waals surface area contributed by atoms with Crippen LogP contribution in [0.5, 0.6) is 0 Å². The third kappa shape index (κ3) is 2.33. The minimum Gasteiger partial charge on any atom is -0.319 e. The van der Waals surface area contributed by atoms with Gasteiger partial charge in [0, 0.05) is 17.4 Å². The van der Waals surface area contributed by atoms with Crippen LogP contribution in [0.15, 0.2) is 36.7 Å². The van der Waals surface area contributed by atoms with Crippen LogP contribution in [0.4, 0.5) is 5.69 Å². The molecular formula is C13H8Cl2N4O. The molecule has 2 N–H and O–H groups in total. The quantitative estimate of drug-likeness (QED) is 0.761. The van der Waals surface area contributed by atoms with Gasteiger partial charge >= 0.3 is 0 Å². The van der Waals surface area contributed by atoms with Crippen molar-refractivity contribution in [3.8, 4) is 0 Å². The number of nitrogens with zero attached hydrogens (tertiary/aromatic N) is 2. The number of benzene rings is 1. The summed E-state index contributed by atoms with van der Waals surface area (Å²) in [4.78, 5) is 16.2. The molecule has 0 aliphatic rings. The van der Waals surface area contributed by atoms with Crippen LogP contribution in [0.25, 0.3) is 10.9 Å². The normalized spacial score (nSPS) is 10.7. The van der Waals surface area contributed by atoms with E-state index in [1.807, 2.05) is 0 Å². The number of nitrogens with one attached hydrogen (secondary N) is 2. The number of hydrogen-bond acceptors (Lipinski definition) is 3. The first kappa shape index (κ1) is 12.9. The van der Waals surface area contributed by atoms with Crippen molar-refractivity contribution in [2.75, 3.05) is 5.32 Å². The minimum absolute atomic E-state index is 0.254. The number of amides is 1. The number of carbonyl (C=O) groups excluding carboxylic acids is 1. The molecule has 20 heavy (non-hydrogen) atoms. The van der Waals surface area contributed by atoms with E-state index in [-0.39, 0.29) is 11.6 Å². The largest absolute Gasteiger partial charge is 0.319 e. The van der Waals surface area contributed by atoms with Crippen LogP contribution in [0, 0.1) is 0 Å². The van der Waals surface area contributed by atoms with E-state index in [9.17, 15) is 4.79 Å². The topological polar surface area (TPSA) is 70.7 Å². The first-order chi connectivity index (χ1) is 9.65. The van der Waals surface area contributed by atoms with Gasteiger partial charge in [-0.3, -0.25) is 14.9 Å². The summed E-state index contributed by atoms with van der Waals surface area (Å²) in [5.74, 6) is -0.381. The Labute approximate surface area is 123 Å². The van der Waals surface area contributed by atoms with Gasteiger partial charge in [0.2, 0.25) is 0 Å². The number of aromatic amines is 1. The average Bonchev–Trinajstić information content (AvgIpc) is 2.87. The number of anilines is 1. The van der Waals surface area contributed by atoms with Crippen molar-refractivity contribution in [1.29, 1.82) is 0 Å². The van der Waals surface area contributed by atoms with Gasteiger partial charge in [0.15, 0.2) is 5.69 Å². The second-order valence-electron chi connectivity index (χ2n) is 4.07. The lowest BCUT2D eigenvalue weighted by Crippen LogP contribution is -2.13. The molecule has 0 radical (unpaired) electrons. The number of hydrogen-bond donors (Lipinski definition) is 2. The van der Waals surface area contributed by atoms with E-state index in [1.54, 1.807) is 36.7 Å². The summed E-state index contributed by atoms with van der Waals surface area (Å²) in [6, 6.07) is 6.58. The Morgan fingerprint density at radius 2 is 2.10 bits per heavy atom. The van der Waals surface area contributed by atoms with Crippen LogP contribution in [0.2, 0.25) is 10.0 Å². The van der Waals surface area contributed by atoms with Gasteiger partial charge in [0.05, 0.1) is 21.6 Å². The summed E-state index contributed by atoms with van der Waals surface area (Å²) in [5.41, 5.74) is 1.43. The predicted molar refractivity (Wildman–Crippen MR) is 78.3 cm³/mol. The first-order valence-corrected chi connectivity index (χ1v) is 6.45. The molecule has 0 saturated heterocycles. The number of carbonyl (C=O) groups is 1. The maximum Gasteiger partial charge on any atom is 0.276 e. The van der Waals surface area contributed by atoms with Crippen LogP contribution in [-0.2, 0) is 0 Å². The van der Waals surface area contributed by atoms with Gasteiger partial charge < -0.3 is 5.32 Å². The van der Waals surface area contributed by atoms with Crippen LogP contribution >= 0.6 is 23.2 Å². The highest BCUT2D eigenvalue weighted by atomic mass is 35.5. The fraction of sp³-hybridized carbons (Fsp3) is 0. The lowest BCUT2D eigenvalue weighted by atomic mass is 10.2. The first-order valence-electron chi connectivity index (χ1n) is 5.69. The third-order valence-electron chi connectivity index (χ3n) is 2.76. The molecular weight excluding hydrogens is 299 g/mol. The second kappa shape index (κ2) is 5.11. The van der Waals surface area contributed by atoms with Crippen molar-refractivity contribution in [2.24, 2.45) is 0 Å². The Morgan fingerprint density at radius 3 is 2.95 bits per heavy atom. The molecule has 0 spiro atoms. The standard InChI is InChI=1S/C13H8Cl2N4O/c14-7-1-2-9(15)11(5-7)17-13(20)12-8-6-16-4-3-10(8)18-19-12/h1-6H,(H,17,20)(H,18,19). The molecule has 0 fully saturated rings. The van der Waals surface area contributed by atoms with Gasteiger partial charge in [-0.25, -0.2) is 0 Å². The van der Waals surface area contributed by atoms with Crippen molar-refractivity contribution in [1.82, 2.24) is 15.2 Å². The van der Waals surface area contributed by atoms with E-state index in [0.717, 1.165) is 5.52 Å². The summed E-state index contributed by atoms with van der Waals surface area (Å²) in [7, 11) is 0. The molecule has 100 valence electrons. The number of pyridine rings is 1. The summed E-state index contributed by atoms with van der Waals surface area (Å²) < 4.78 is 0. The number of rotatable bonds is 2. The number of H-pyrrole nitrogens is 1. The van der Waals surface area contributed by atoms with Gasteiger partial charge in [-0.2, -0.15) is 5.10 Å². The maximum atomic E-state index is 12.2. The van der Waals surface area contributed by atoms with Gasteiger partial charge in [0.1, 0.15) is 0 Å². The molecule has 0 aliphatic heterocycles. The minimum atomic E-state index is -0.381. The van der Waals surface area contributed by atoms with Crippen molar-refractivity contribution in [2.45, 2.75) is 0 Å². The van der Waals surface area contributed by atoms with Gasteiger partial charge in [-0.1, -0.05) is 23.2 Å². The fourth-order valence-corrected chi connectivity index (χ4v) is 2.14. The lowest BCUT2D eigenvalue weighted by molar-refractivity contribution is 0.102. The van der Waals surface area contributed by atoms with Crippen LogP contribution < -0.4 is 5.32 Å². The third-order valence-corrected chi connectivity index (χ3v) is 3.32. The Morgan fingerprint density at radius 1 is 1.25 bits per heavy atom. The maximum absolute atomic E-state index is 12.2. The van der Waals surface area contributed by atoms with Gasteiger partial charge in [-0.15, -0.1) is 0 Å². The molecule has 1 aromatic carbocycles. The lowest BCUT2D eigenvalue weighted by Gasteiger charge is -2.06. The van der Waals surface area contributed by atoms with Crippen LogP contribution in [0.3, 0.4) is 0 Å². The van der Waals surface area contributed by atoms with Crippen LogP contribution in [-0.4, -0.2) is 21.1 Å². The zero-order chi connectivity index (χ0) is 14.1. The number of halogens is 2. The summed E-state index contributed by atoms with van der Waals surface area (Å²) in [5, 5.41) is 11.0. The monoisotopic (exact) mass is 306 g/mol. The van der Waals surface area contributed by atoms with Crippen molar-refractivity contribution < 1.29 is 4.79 Å². The zero-order valence-electron chi connectivity index (χ0n) is 10.0. The van der Waals surface area contributed by atoms with E-state index in [4.69, 9.17) is 23.2 Å². The molecule has 1 amide bonds. The highest BCUT2D eigenvalue weighted by Gasteiger charge is 2.15. The van der Waals surface area contributed by atoms with Gasteiger partial charge in [-0.05, 0) is 24.3 Å². The zero-order valence-corrected chi connectivity index (χ0v) is 11.5. The summed E-state index contributed by atoms with van der Waals surface area (Å²) in [6.45, 7) is 0. The van der Waals surface area contributed by atoms with E-state index < -0.39 is 0 Å². The van der Waals surface area contributed by atoms with Crippen molar-refractivity contribution in [3.05, 3.63) is 52.4 Å². The summed E-state index contributed by atoms with van der Waals surface area (Å²) in [6.07, 6.45) is 3.20. The highest BCUT2D eigenvalue weighted by molar-refractivity contribution is 6.36. The molecule has 5 nitrogen and oxygen atoms in total. The van der Waals surface area contributed by atoms with E-state index >= 15 is 0 Å². The Hall–Kier alpha value is -2.11. The molecule has 3 rings (SSSR count). The van der Waals surface area contributed by atoms with E-state index in [0.29, 0.717) is 21.1 Å². The number of fused-ring (bicyclic) bond motifs is 1. The molecule has 0 bridgehead atoms. The molecule has 0 unspecified atom stereocenters.